The van der Waals surface area contributed by atoms with Crippen LogP contribution in [0.3, 0.4) is 0 Å². The highest BCUT2D eigenvalue weighted by Crippen LogP contribution is 2.25. The lowest BCUT2D eigenvalue weighted by Crippen LogP contribution is -2.43. The fourth-order valence-corrected chi connectivity index (χ4v) is 2.06. The molecule has 0 aliphatic heterocycles. The van der Waals surface area contributed by atoms with Crippen LogP contribution >= 0.6 is 0 Å². The summed E-state index contributed by atoms with van der Waals surface area (Å²) in [7, 11) is 1.49. The van der Waals surface area contributed by atoms with Gasteiger partial charge in [-0.15, -0.1) is 0 Å². The number of carbonyl (C=O) groups excluding carboxylic acids is 1. The fraction of sp³-hybridized carbons (Fsp3) is 0.556. The molecule has 0 atom stereocenters. The number of carboxylic acids is 1. The van der Waals surface area contributed by atoms with E-state index in [-0.39, 0.29) is 30.5 Å². The second kappa shape index (κ2) is 8.60. The molecule has 0 heterocycles. The normalized spacial score (nSPS) is 11.2. The first-order valence-corrected chi connectivity index (χ1v) is 8.09. The molecule has 140 valence electrons. The van der Waals surface area contributed by atoms with Gasteiger partial charge in [-0.1, -0.05) is 0 Å². The largest absolute Gasteiger partial charge is 0.497 e. The Labute approximate surface area is 148 Å². The summed E-state index contributed by atoms with van der Waals surface area (Å²) in [6, 6.07) is 4.40. The van der Waals surface area contributed by atoms with E-state index in [2.05, 4.69) is 0 Å². The van der Waals surface area contributed by atoms with Crippen LogP contribution in [-0.2, 0) is 4.74 Å². The Hall–Kier alpha value is -2.44. The highest BCUT2D eigenvalue weighted by atomic mass is 16.6. The lowest BCUT2D eigenvalue weighted by atomic mass is 10.2. The van der Waals surface area contributed by atoms with Gasteiger partial charge in [-0.05, 0) is 46.8 Å². The number of rotatable bonds is 7. The third-order valence-corrected chi connectivity index (χ3v) is 3.26. The summed E-state index contributed by atoms with van der Waals surface area (Å²) in [4.78, 5) is 25.1. The van der Waals surface area contributed by atoms with Crippen molar-refractivity contribution in [1.82, 2.24) is 4.90 Å². The third kappa shape index (κ3) is 6.52. The van der Waals surface area contributed by atoms with Crippen LogP contribution < -0.4 is 9.47 Å². The Balaban J connectivity index is 2.79. The van der Waals surface area contributed by atoms with Gasteiger partial charge in [-0.3, -0.25) is 0 Å². The molecule has 1 aromatic carbocycles. The van der Waals surface area contributed by atoms with Gasteiger partial charge in [0.1, 0.15) is 29.3 Å². The summed E-state index contributed by atoms with van der Waals surface area (Å²) >= 11 is 0. The van der Waals surface area contributed by atoms with Crippen molar-refractivity contribution in [3.63, 3.8) is 0 Å². The number of aromatic carboxylic acids is 1. The Morgan fingerprint density at radius 3 is 2.36 bits per heavy atom. The summed E-state index contributed by atoms with van der Waals surface area (Å²) < 4.78 is 16.1. The van der Waals surface area contributed by atoms with Gasteiger partial charge in [0.15, 0.2) is 0 Å². The summed E-state index contributed by atoms with van der Waals surface area (Å²) in [5, 5.41) is 9.24. The maximum Gasteiger partial charge on any atom is 0.410 e. The molecule has 0 aliphatic rings. The molecule has 7 nitrogen and oxygen atoms in total. The monoisotopic (exact) mass is 353 g/mol. The number of amides is 1. The van der Waals surface area contributed by atoms with Gasteiger partial charge < -0.3 is 24.2 Å². The minimum absolute atomic E-state index is 0.0363. The van der Waals surface area contributed by atoms with Gasteiger partial charge in [0.05, 0.1) is 13.7 Å². The van der Waals surface area contributed by atoms with E-state index in [1.807, 2.05) is 13.8 Å². The van der Waals surface area contributed by atoms with E-state index in [9.17, 15) is 14.7 Å². The zero-order chi connectivity index (χ0) is 19.2. The third-order valence-electron chi connectivity index (χ3n) is 3.26. The number of nitrogens with zero attached hydrogens (tertiary/aromatic N) is 1. The molecule has 1 amide bonds. The number of carbonyl (C=O) groups is 2. The SMILES string of the molecule is COc1ccc(C(=O)O)c(OCCN(C(=O)OC(C)(C)C)C(C)C)c1. The zero-order valence-electron chi connectivity index (χ0n) is 15.7. The van der Waals surface area contributed by atoms with Gasteiger partial charge >= 0.3 is 12.1 Å². The highest BCUT2D eigenvalue weighted by molar-refractivity contribution is 5.91. The van der Waals surface area contributed by atoms with Crippen molar-refractivity contribution in [2.45, 2.75) is 46.3 Å². The van der Waals surface area contributed by atoms with E-state index in [0.29, 0.717) is 5.75 Å². The molecule has 0 unspecified atom stereocenters. The van der Waals surface area contributed by atoms with E-state index >= 15 is 0 Å². The number of methoxy groups -OCH3 is 1. The molecule has 7 heteroatoms. The van der Waals surface area contributed by atoms with Crippen molar-refractivity contribution in [2.24, 2.45) is 0 Å². The van der Waals surface area contributed by atoms with E-state index in [0.717, 1.165) is 0 Å². The summed E-state index contributed by atoms with van der Waals surface area (Å²) in [5.74, 6) is -0.405. The number of benzene rings is 1. The summed E-state index contributed by atoms with van der Waals surface area (Å²) in [6.45, 7) is 9.55. The number of carboxylic acid groups (broad SMARTS) is 1. The van der Waals surface area contributed by atoms with Crippen LogP contribution in [0.15, 0.2) is 18.2 Å². The molecule has 0 aromatic heterocycles. The lowest BCUT2D eigenvalue weighted by Gasteiger charge is -2.30. The second-order valence-corrected chi connectivity index (χ2v) is 6.78. The number of hydrogen-bond acceptors (Lipinski definition) is 5. The van der Waals surface area contributed by atoms with Crippen molar-refractivity contribution in [3.8, 4) is 11.5 Å². The summed E-state index contributed by atoms with van der Waals surface area (Å²) in [6.07, 6.45) is -0.435. The zero-order valence-corrected chi connectivity index (χ0v) is 15.7. The molecular formula is C18H27NO6. The van der Waals surface area contributed by atoms with Crippen molar-refractivity contribution >= 4 is 12.1 Å². The molecule has 0 saturated heterocycles. The van der Waals surface area contributed by atoms with Crippen LogP contribution in [0.4, 0.5) is 4.79 Å². The molecule has 0 bridgehead atoms. The number of hydrogen-bond donors (Lipinski definition) is 1. The van der Waals surface area contributed by atoms with Crippen LogP contribution in [0.1, 0.15) is 45.0 Å². The maximum atomic E-state index is 12.3. The molecule has 0 fully saturated rings. The smallest absolute Gasteiger partial charge is 0.410 e. The van der Waals surface area contributed by atoms with E-state index < -0.39 is 17.7 Å². The Kier molecular flexibility index (Phi) is 7.09. The van der Waals surface area contributed by atoms with Crippen molar-refractivity contribution in [3.05, 3.63) is 23.8 Å². The predicted octanol–water partition coefficient (Wildman–Crippen LogP) is 3.42. The van der Waals surface area contributed by atoms with Crippen molar-refractivity contribution in [2.75, 3.05) is 20.3 Å². The highest BCUT2D eigenvalue weighted by Gasteiger charge is 2.24. The minimum Gasteiger partial charge on any atom is -0.497 e. The fourth-order valence-electron chi connectivity index (χ4n) is 2.06. The van der Waals surface area contributed by atoms with Gasteiger partial charge in [0.25, 0.3) is 0 Å². The van der Waals surface area contributed by atoms with Crippen molar-refractivity contribution in [1.29, 1.82) is 0 Å². The molecule has 1 aromatic rings. The Morgan fingerprint density at radius 1 is 1.24 bits per heavy atom. The summed E-state index contributed by atoms with van der Waals surface area (Å²) in [5.41, 5.74) is -0.553. The van der Waals surface area contributed by atoms with Crippen LogP contribution in [-0.4, -0.2) is 54.0 Å². The van der Waals surface area contributed by atoms with Crippen LogP contribution in [0.2, 0.25) is 0 Å². The van der Waals surface area contributed by atoms with E-state index in [1.165, 1.54) is 24.1 Å². The van der Waals surface area contributed by atoms with Gasteiger partial charge in [0.2, 0.25) is 0 Å². The quantitative estimate of drug-likeness (QED) is 0.808. The maximum absolute atomic E-state index is 12.3. The minimum atomic E-state index is -1.09. The molecule has 0 saturated carbocycles. The van der Waals surface area contributed by atoms with Gasteiger partial charge in [-0.25, -0.2) is 9.59 Å². The average Bonchev–Trinajstić information content (AvgIpc) is 2.48. The van der Waals surface area contributed by atoms with Crippen LogP contribution in [0.5, 0.6) is 11.5 Å². The number of ether oxygens (including phenoxy) is 3. The first kappa shape index (κ1) is 20.6. The molecule has 0 radical (unpaired) electrons. The van der Waals surface area contributed by atoms with E-state index in [1.54, 1.807) is 26.8 Å². The molecule has 1 rings (SSSR count). The molecule has 25 heavy (non-hydrogen) atoms. The van der Waals surface area contributed by atoms with E-state index in [4.69, 9.17) is 14.2 Å². The van der Waals surface area contributed by atoms with Gasteiger partial charge in [-0.2, -0.15) is 0 Å². The first-order valence-electron chi connectivity index (χ1n) is 8.09. The van der Waals surface area contributed by atoms with Crippen LogP contribution in [0, 0.1) is 0 Å². The Morgan fingerprint density at radius 2 is 1.88 bits per heavy atom. The molecule has 0 aliphatic carbocycles. The standard InChI is InChI=1S/C18H27NO6/c1-12(2)19(17(22)25-18(3,4)5)9-10-24-15-11-13(23-6)7-8-14(15)16(20)21/h7-8,11-12H,9-10H2,1-6H3,(H,20,21). The van der Waals surface area contributed by atoms with Gasteiger partial charge in [0, 0.05) is 12.1 Å². The second-order valence-electron chi connectivity index (χ2n) is 6.78. The predicted molar refractivity (Wildman–Crippen MR) is 93.5 cm³/mol. The average molecular weight is 353 g/mol. The van der Waals surface area contributed by atoms with Crippen LogP contribution in [0.25, 0.3) is 0 Å². The molecular weight excluding hydrogens is 326 g/mol. The first-order chi connectivity index (χ1) is 11.5. The topological polar surface area (TPSA) is 85.3 Å². The van der Waals surface area contributed by atoms with Crippen molar-refractivity contribution < 1.29 is 28.9 Å². The Bertz CT molecular complexity index is 606. The molecule has 0 spiro atoms. The molecule has 1 N–H and O–H groups in total. The lowest BCUT2D eigenvalue weighted by molar-refractivity contribution is 0.0163.